The lowest BCUT2D eigenvalue weighted by atomic mass is 9.96. The monoisotopic (exact) mass is 561 g/mol. The maximum Gasteiger partial charge on any atom is 0.338 e. The van der Waals surface area contributed by atoms with Crippen molar-refractivity contribution in [2.75, 3.05) is 12.9 Å². The second kappa shape index (κ2) is 10.9. The fourth-order valence-corrected chi connectivity index (χ4v) is 5.82. The Morgan fingerprint density at radius 3 is 2.69 bits per heavy atom. The number of esters is 1. The van der Waals surface area contributed by atoms with Gasteiger partial charge in [0.1, 0.15) is 11.5 Å². The summed E-state index contributed by atoms with van der Waals surface area (Å²) in [6, 6.07) is 16.5. The van der Waals surface area contributed by atoms with Crippen LogP contribution in [0.1, 0.15) is 31.2 Å². The minimum atomic E-state index is -0.699. The zero-order chi connectivity index (χ0) is 27.7. The zero-order valence-corrected chi connectivity index (χ0v) is 22.9. The molecule has 0 bridgehead atoms. The number of thioether (sulfide) groups is 1. The summed E-state index contributed by atoms with van der Waals surface area (Å²) in [7, 11) is 0. The molecule has 0 saturated carbocycles. The van der Waals surface area contributed by atoms with Gasteiger partial charge in [0, 0.05) is 28.7 Å². The number of nitro benzene ring substituents is 1. The third-order valence-electron chi connectivity index (χ3n) is 6.19. The maximum atomic E-state index is 13.7. The predicted octanol–water partition coefficient (Wildman–Crippen LogP) is 4.69. The van der Waals surface area contributed by atoms with Crippen LogP contribution in [0.2, 0.25) is 0 Å². The smallest absolute Gasteiger partial charge is 0.338 e. The molecule has 0 fully saturated rings. The molecule has 3 heterocycles. The van der Waals surface area contributed by atoms with Crippen molar-refractivity contribution in [1.29, 1.82) is 0 Å². The third kappa shape index (κ3) is 5.10. The van der Waals surface area contributed by atoms with Crippen molar-refractivity contribution in [3.05, 3.63) is 113 Å². The van der Waals surface area contributed by atoms with Crippen molar-refractivity contribution in [3.8, 4) is 11.3 Å². The Balaban J connectivity index is 1.61. The number of nitrogens with zero attached hydrogens (tertiary/aromatic N) is 3. The van der Waals surface area contributed by atoms with E-state index in [4.69, 9.17) is 9.15 Å². The lowest BCUT2D eigenvalue weighted by Crippen LogP contribution is -2.39. The number of nitro groups is 1. The number of aromatic nitrogens is 1. The summed E-state index contributed by atoms with van der Waals surface area (Å²) in [5.41, 5.74) is 1.76. The second-order valence-electron chi connectivity index (χ2n) is 8.58. The number of hydrogen-bond acceptors (Lipinski definition) is 9. The molecule has 0 radical (unpaired) electrons. The van der Waals surface area contributed by atoms with Gasteiger partial charge in [0.05, 0.1) is 33.4 Å². The van der Waals surface area contributed by atoms with E-state index in [2.05, 4.69) is 4.99 Å². The molecule has 1 aliphatic rings. The number of allylic oxidation sites excluding steroid dienone is 1. The fourth-order valence-electron chi connectivity index (χ4n) is 4.38. The van der Waals surface area contributed by atoms with E-state index in [1.807, 2.05) is 30.5 Å². The zero-order valence-electron chi connectivity index (χ0n) is 21.2. The summed E-state index contributed by atoms with van der Waals surface area (Å²) in [5, 5.41) is 11.1. The van der Waals surface area contributed by atoms with Gasteiger partial charge in [0.15, 0.2) is 4.80 Å². The summed E-state index contributed by atoms with van der Waals surface area (Å²) in [5.74, 6) is 0.327. The van der Waals surface area contributed by atoms with Crippen molar-refractivity contribution in [2.45, 2.75) is 24.8 Å². The standard InChI is InChI=1S/C28H23N3O6S2/c1-4-36-27(33)24-16(2)29-28-30(25(24)17-8-11-21(38-3)12-9-17)26(32)23(39-28)15-20-10-13-22(37-20)18-6-5-7-19(14-18)31(34)35/h5-15,25H,4H2,1-3H3/b23-15-. The Bertz CT molecular complexity index is 1800. The van der Waals surface area contributed by atoms with Crippen molar-refractivity contribution in [3.63, 3.8) is 0 Å². The number of fused-ring (bicyclic) bond motifs is 1. The summed E-state index contributed by atoms with van der Waals surface area (Å²) in [4.78, 5) is 43.5. The minimum Gasteiger partial charge on any atom is -0.463 e. The van der Waals surface area contributed by atoms with Crippen LogP contribution in [-0.2, 0) is 9.53 Å². The van der Waals surface area contributed by atoms with E-state index in [0.717, 1.165) is 10.5 Å². The molecule has 9 nitrogen and oxygen atoms in total. The highest BCUT2D eigenvalue weighted by molar-refractivity contribution is 7.98. The lowest BCUT2D eigenvalue weighted by Gasteiger charge is -2.24. The normalized spacial score (nSPS) is 15.2. The Labute approximate surface area is 230 Å². The highest BCUT2D eigenvalue weighted by atomic mass is 32.2. The molecule has 0 saturated heterocycles. The van der Waals surface area contributed by atoms with Crippen molar-refractivity contribution >= 4 is 40.8 Å². The van der Waals surface area contributed by atoms with E-state index in [-0.39, 0.29) is 17.9 Å². The number of non-ortho nitro benzene ring substituents is 1. The van der Waals surface area contributed by atoms with Gasteiger partial charge in [-0.1, -0.05) is 35.6 Å². The van der Waals surface area contributed by atoms with Gasteiger partial charge >= 0.3 is 5.97 Å². The van der Waals surface area contributed by atoms with Gasteiger partial charge in [-0.05, 0) is 49.9 Å². The van der Waals surface area contributed by atoms with Crippen LogP contribution in [0.3, 0.4) is 0 Å². The van der Waals surface area contributed by atoms with Crippen LogP contribution < -0.4 is 14.9 Å². The molecule has 0 amide bonds. The number of rotatable bonds is 7. The average Bonchev–Trinajstić information content (AvgIpc) is 3.52. The van der Waals surface area contributed by atoms with Crippen LogP contribution in [0.4, 0.5) is 5.69 Å². The molecule has 1 atom stereocenters. The largest absolute Gasteiger partial charge is 0.463 e. The topological polar surface area (TPSA) is 117 Å². The number of ether oxygens (including phenoxy) is 1. The van der Waals surface area contributed by atoms with Crippen molar-refractivity contribution in [1.82, 2.24) is 4.57 Å². The summed E-state index contributed by atoms with van der Waals surface area (Å²) >= 11 is 2.79. The first-order valence-corrected chi connectivity index (χ1v) is 14.0. The predicted molar refractivity (Wildman–Crippen MR) is 149 cm³/mol. The number of thiazole rings is 1. The highest BCUT2D eigenvalue weighted by Gasteiger charge is 2.33. The molecular formula is C28H23N3O6S2. The number of carbonyl (C=O) groups is 1. The van der Waals surface area contributed by atoms with Crippen LogP contribution in [0.15, 0.2) is 91.0 Å². The number of hydrogen-bond donors (Lipinski definition) is 0. The summed E-state index contributed by atoms with van der Waals surface area (Å²) in [6.45, 7) is 3.67. The molecule has 2 aromatic heterocycles. The van der Waals surface area contributed by atoms with Crippen LogP contribution >= 0.6 is 23.1 Å². The number of carbonyl (C=O) groups excluding carboxylic acids is 1. The van der Waals surface area contributed by atoms with Crippen LogP contribution in [0.25, 0.3) is 17.4 Å². The number of benzene rings is 2. The van der Waals surface area contributed by atoms with Gasteiger partial charge in [-0.25, -0.2) is 9.79 Å². The van der Waals surface area contributed by atoms with Gasteiger partial charge < -0.3 is 9.15 Å². The molecule has 2 aromatic carbocycles. The van der Waals surface area contributed by atoms with Gasteiger partial charge in [-0.15, -0.1) is 11.8 Å². The molecule has 198 valence electrons. The van der Waals surface area contributed by atoms with E-state index in [9.17, 15) is 19.7 Å². The van der Waals surface area contributed by atoms with E-state index >= 15 is 0 Å². The van der Waals surface area contributed by atoms with E-state index in [0.29, 0.717) is 37.7 Å². The first-order chi connectivity index (χ1) is 18.8. The van der Waals surface area contributed by atoms with Crippen LogP contribution in [0.5, 0.6) is 0 Å². The quantitative estimate of drug-likeness (QED) is 0.139. The third-order valence-corrected chi connectivity index (χ3v) is 7.92. The van der Waals surface area contributed by atoms with Gasteiger partial charge in [-0.2, -0.15) is 0 Å². The van der Waals surface area contributed by atoms with Crippen molar-refractivity contribution < 1.29 is 18.9 Å². The van der Waals surface area contributed by atoms with Gasteiger partial charge in [-0.3, -0.25) is 19.5 Å². The molecule has 1 unspecified atom stereocenters. The van der Waals surface area contributed by atoms with E-state index in [1.165, 1.54) is 28.0 Å². The molecule has 39 heavy (non-hydrogen) atoms. The summed E-state index contributed by atoms with van der Waals surface area (Å²) < 4.78 is 13.1. The molecule has 5 rings (SSSR count). The number of furan rings is 1. The molecule has 4 aromatic rings. The summed E-state index contributed by atoms with van der Waals surface area (Å²) in [6.07, 6.45) is 3.59. The van der Waals surface area contributed by atoms with E-state index in [1.54, 1.807) is 56.0 Å². The highest BCUT2D eigenvalue weighted by Crippen LogP contribution is 2.32. The Morgan fingerprint density at radius 1 is 1.23 bits per heavy atom. The molecule has 0 N–H and O–H groups in total. The van der Waals surface area contributed by atoms with Gasteiger partial charge in [0.25, 0.3) is 11.2 Å². The van der Waals surface area contributed by atoms with Crippen LogP contribution in [0, 0.1) is 10.1 Å². The molecule has 11 heteroatoms. The van der Waals surface area contributed by atoms with Gasteiger partial charge in [0.2, 0.25) is 0 Å². The van der Waals surface area contributed by atoms with E-state index < -0.39 is 16.9 Å². The Kier molecular flexibility index (Phi) is 7.36. The first kappa shape index (κ1) is 26.4. The molecule has 1 aliphatic heterocycles. The first-order valence-electron chi connectivity index (χ1n) is 12.0. The molecule has 0 spiro atoms. The second-order valence-corrected chi connectivity index (χ2v) is 10.5. The minimum absolute atomic E-state index is 0.0444. The Morgan fingerprint density at radius 2 is 2.00 bits per heavy atom. The SMILES string of the molecule is CCOC(=O)C1=C(C)N=c2s/c(=C\c3ccc(-c4cccc([N+](=O)[O-])c4)o3)c(=O)n2C1c1ccc(SC)cc1. The van der Waals surface area contributed by atoms with Crippen molar-refractivity contribution in [2.24, 2.45) is 4.99 Å². The maximum absolute atomic E-state index is 13.7. The molecular weight excluding hydrogens is 538 g/mol. The fraction of sp³-hybridized carbons (Fsp3) is 0.179. The molecule has 0 aliphatic carbocycles. The average molecular weight is 562 g/mol. The Hall–Kier alpha value is -4.22. The van der Waals surface area contributed by atoms with Crippen LogP contribution in [-0.4, -0.2) is 28.3 Å². The lowest BCUT2D eigenvalue weighted by molar-refractivity contribution is -0.384.